The first-order chi connectivity index (χ1) is 12.7. The molecule has 26 heavy (non-hydrogen) atoms. The van der Waals surface area contributed by atoms with E-state index >= 15 is 0 Å². The molecule has 0 aliphatic carbocycles. The van der Waals surface area contributed by atoms with Crippen molar-refractivity contribution in [1.29, 1.82) is 0 Å². The summed E-state index contributed by atoms with van der Waals surface area (Å²) >= 11 is 0. The Labute approximate surface area is 153 Å². The maximum Gasteiger partial charge on any atom is 0.169 e. The number of fused-ring (bicyclic) bond motifs is 1. The lowest BCUT2D eigenvalue weighted by molar-refractivity contribution is -0.00906. The first-order valence-corrected chi connectivity index (χ1v) is 8.64. The van der Waals surface area contributed by atoms with Crippen molar-refractivity contribution in [2.45, 2.75) is 18.2 Å². The number of hydrogen-bond acceptors (Lipinski definition) is 4. The molecule has 2 unspecified atom stereocenters. The maximum absolute atomic E-state index is 11.5. The van der Waals surface area contributed by atoms with Gasteiger partial charge in [-0.2, -0.15) is 0 Å². The molecule has 4 rings (SSSR count). The lowest BCUT2D eigenvalue weighted by atomic mass is 9.89. The highest BCUT2D eigenvalue weighted by atomic mass is 16.5. The molecule has 0 saturated heterocycles. The van der Waals surface area contributed by atoms with Crippen LogP contribution >= 0.6 is 0 Å². The topological polar surface area (TPSA) is 50.7 Å². The van der Waals surface area contributed by atoms with Crippen molar-refractivity contribution in [3.63, 3.8) is 0 Å². The minimum absolute atomic E-state index is 0.241. The molecule has 2 atom stereocenters. The van der Waals surface area contributed by atoms with Crippen LogP contribution in [0.1, 0.15) is 23.7 Å². The van der Waals surface area contributed by atoms with Gasteiger partial charge in [-0.1, -0.05) is 54.6 Å². The number of ether oxygens (including phenoxy) is 2. The van der Waals surface area contributed by atoms with Crippen LogP contribution in [0.3, 0.4) is 0 Å². The number of hydrogen-bond donors (Lipinski definition) is 2. The maximum atomic E-state index is 11.5. The second-order valence-electron chi connectivity index (χ2n) is 6.43. The van der Waals surface area contributed by atoms with Crippen molar-refractivity contribution in [2.24, 2.45) is 0 Å². The van der Waals surface area contributed by atoms with E-state index in [1.807, 2.05) is 78.9 Å². The molecule has 0 fully saturated rings. The molecule has 0 bridgehead atoms. The van der Waals surface area contributed by atoms with Crippen LogP contribution in [0.4, 0.5) is 5.69 Å². The summed E-state index contributed by atoms with van der Waals surface area (Å²) in [6.45, 7) is 0. The Balaban J connectivity index is 1.72. The molecule has 132 valence electrons. The Kier molecular flexibility index (Phi) is 4.27. The molecule has 0 aromatic heterocycles. The van der Waals surface area contributed by atoms with Crippen LogP contribution in [0.2, 0.25) is 0 Å². The van der Waals surface area contributed by atoms with E-state index in [0.29, 0.717) is 12.2 Å². The molecule has 1 aliphatic heterocycles. The van der Waals surface area contributed by atoms with Gasteiger partial charge in [-0.25, -0.2) is 0 Å². The number of aliphatic hydroxyl groups is 1. The van der Waals surface area contributed by atoms with Crippen LogP contribution < -0.4 is 14.8 Å². The van der Waals surface area contributed by atoms with Crippen LogP contribution in [0.5, 0.6) is 11.5 Å². The van der Waals surface area contributed by atoms with E-state index in [4.69, 9.17) is 9.47 Å². The van der Waals surface area contributed by atoms with Crippen LogP contribution in [-0.4, -0.2) is 12.2 Å². The fourth-order valence-corrected chi connectivity index (χ4v) is 3.40. The smallest absolute Gasteiger partial charge is 0.169 e. The van der Waals surface area contributed by atoms with Gasteiger partial charge in [-0.3, -0.25) is 0 Å². The third-order valence-electron chi connectivity index (χ3n) is 4.67. The predicted molar refractivity (Wildman–Crippen MR) is 101 cm³/mol. The molecule has 1 heterocycles. The Hall–Kier alpha value is -2.98. The molecule has 0 amide bonds. The lowest BCUT2D eigenvalue weighted by Gasteiger charge is -2.40. The first-order valence-electron chi connectivity index (χ1n) is 8.64. The van der Waals surface area contributed by atoms with Gasteiger partial charge in [-0.05, 0) is 23.8 Å². The van der Waals surface area contributed by atoms with Crippen LogP contribution in [0.25, 0.3) is 0 Å². The Morgan fingerprint density at radius 2 is 1.77 bits per heavy atom. The second-order valence-corrected chi connectivity index (χ2v) is 6.43. The number of methoxy groups -OCH3 is 1. The Bertz CT molecular complexity index is 897. The van der Waals surface area contributed by atoms with Crippen molar-refractivity contribution in [3.05, 3.63) is 90.0 Å². The number of nitrogens with one attached hydrogen (secondary N) is 1. The largest absolute Gasteiger partial charge is 0.497 e. The van der Waals surface area contributed by atoms with Gasteiger partial charge < -0.3 is 19.9 Å². The van der Waals surface area contributed by atoms with E-state index in [0.717, 1.165) is 22.6 Å². The lowest BCUT2D eigenvalue weighted by Crippen LogP contribution is -2.41. The minimum Gasteiger partial charge on any atom is -0.497 e. The molecule has 0 spiro atoms. The standard InChI is InChI=1S/C22H21NO3/c1-25-18-11-7-10-17(14-18)23-22(24)15-21(16-8-3-2-4-9-16)26-20-13-6-5-12-19(20)22/h2-14,21,23-24H,15H2,1H3. The molecule has 2 N–H and O–H groups in total. The van der Waals surface area contributed by atoms with Gasteiger partial charge >= 0.3 is 0 Å². The summed E-state index contributed by atoms with van der Waals surface area (Å²) in [5.41, 5.74) is 1.31. The number of para-hydroxylation sites is 1. The number of anilines is 1. The average molecular weight is 347 g/mol. The molecule has 3 aromatic carbocycles. The van der Waals surface area contributed by atoms with E-state index in [2.05, 4.69) is 5.32 Å². The summed E-state index contributed by atoms with van der Waals surface area (Å²) in [6, 6.07) is 25.1. The molecular formula is C22H21NO3. The summed E-state index contributed by atoms with van der Waals surface area (Å²) in [4.78, 5) is 0. The molecule has 4 heteroatoms. The number of benzene rings is 3. The summed E-state index contributed by atoms with van der Waals surface area (Å²) in [6.07, 6.45) is 0.153. The van der Waals surface area contributed by atoms with E-state index in [9.17, 15) is 5.11 Å². The Morgan fingerprint density at radius 3 is 2.58 bits per heavy atom. The zero-order valence-corrected chi connectivity index (χ0v) is 14.6. The quantitative estimate of drug-likeness (QED) is 0.684. The highest BCUT2D eigenvalue weighted by molar-refractivity contribution is 5.53. The van der Waals surface area contributed by atoms with Crippen molar-refractivity contribution >= 4 is 5.69 Å². The molecule has 0 radical (unpaired) electrons. The Morgan fingerprint density at radius 1 is 1.00 bits per heavy atom. The third kappa shape index (κ3) is 3.11. The van der Waals surface area contributed by atoms with Gasteiger partial charge in [-0.15, -0.1) is 0 Å². The highest BCUT2D eigenvalue weighted by Crippen LogP contribution is 2.44. The fraction of sp³-hybridized carbons (Fsp3) is 0.182. The van der Waals surface area contributed by atoms with Crippen molar-refractivity contribution in [2.75, 3.05) is 12.4 Å². The van der Waals surface area contributed by atoms with Gasteiger partial charge in [0.1, 0.15) is 17.6 Å². The normalized spacial score (nSPS) is 21.4. The van der Waals surface area contributed by atoms with Crippen molar-refractivity contribution < 1.29 is 14.6 Å². The van der Waals surface area contributed by atoms with Gasteiger partial charge in [0.05, 0.1) is 7.11 Å². The van der Waals surface area contributed by atoms with Crippen LogP contribution in [0.15, 0.2) is 78.9 Å². The van der Waals surface area contributed by atoms with Crippen molar-refractivity contribution in [1.82, 2.24) is 0 Å². The summed E-state index contributed by atoms with van der Waals surface area (Å²) in [7, 11) is 1.63. The van der Waals surface area contributed by atoms with Gasteiger partial charge in [0.25, 0.3) is 0 Å². The molecule has 0 saturated carbocycles. The van der Waals surface area contributed by atoms with Crippen LogP contribution in [0, 0.1) is 0 Å². The van der Waals surface area contributed by atoms with E-state index in [1.54, 1.807) is 7.11 Å². The third-order valence-corrected chi connectivity index (χ3v) is 4.67. The first kappa shape index (κ1) is 16.5. The van der Waals surface area contributed by atoms with Gasteiger partial charge in [0, 0.05) is 23.7 Å². The zero-order chi connectivity index (χ0) is 18.0. The molecule has 3 aromatic rings. The highest BCUT2D eigenvalue weighted by Gasteiger charge is 2.40. The fourth-order valence-electron chi connectivity index (χ4n) is 3.40. The predicted octanol–water partition coefficient (Wildman–Crippen LogP) is 4.48. The van der Waals surface area contributed by atoms with Gasteiger partial charge in [0.2, 0.25) is 0 Å². The summed E-state index contributed by atoms with van der Waals surface area (Å²) in [5.74, 6) is 1.42. The second kappa shape index (κ2) is 6.73. The molecular weight excluding hydrogens is 326 g/mol. The van der Waals surface area contributed by atoms with Gasteiger partial charge in [0.15, 0.2) is 5.72 Å². The van der Waals surface area contributed by atoms with E-state index < -0.39 is 5.72 Å². The molecule has 4 nitrogen and oxygen atoms in total. The van der Waals surface area contributed by atoms with Crippen LogP contribution in [-0.2, 0) is 5.72 Å². The molecule has 1 aliphatic rings. The average Bonchev–Trinajstić information content (AvgIpc) is 2.68. The van der Waals surface area contributed by atoms with Crippen molar-refractivity contribution in [3.8, 4) is 11.5 Å². The monoisotopic (exact) mass is 347 g/mol. The number of rotatable bonds is 4. The summed E-state index contributed by atoms with van der Waals surface area (Å²) < 4.78 is 11.5. The summed E-state index contributed by atoms with van der Waals surface area (Å²) in [5, 5.41) is 14.8. The van der Waals surface area contributed by atoms with E-state index in [1.165, 1.54) is 0 Å². The van der Waals surface area contributed by atoms with E-state index in [-0.39, 0.29) is 6.10 Å². The minimum atomic E-state index is -1.25. The zero-order valence-electron chi connectivity index (χ0n) is 14.6. The SMILES string of the molecule is COc1cccc(NC2(O)CC(c3ccccc3)Oc3ccccc32)c1.